The molecule has 0 amide bonds. The van der Waals surface area contributed by atoms with Gasteiger partial charge in [-0.2, -0.15) is 18.3 Å². The van der Waals surface area contributed by atoms with Crippen molar-refractivity contribution in [2.24, 2.45) is 0 Å². The molecular weight excluding hydrogens is 380 g/mol. The van der Waals surface area contributed by atoms with Crippen LogP contribution < -0.4 is 5.56 Å². The molecule has 0 aliphatic heterocycles. The lowest BCUT2D eigenvalue weighted by Crippen LogP contribution is -2.12. The van der Waals surface area contributed by atoms with E-state index >= 15 is 0 Å². The van der Waals surface area contributed by atoms with Gasteiger partial charge in [-0.3, -0.25) is 4.79 Å². The number of aromatic nitrogens is 4. The third-order valence-corrected chi connectivity index (χ3v) is 4.21. The van der Waals surface area contributed by atoms with Gasteiger partial charge in [-0.25, -0.2) is 14.1 Å². The summed E-state index contributed by atoms with van der Waals surface area (Å²) in [5, 5.41) is 13.4. The second kappa shape index (κ2) is 7.55. The molecule has 10 heteroatoms. The standard InChI is InChI=1S/C18H16F4N4O2/c1-10-24-16(7-17(28)25-10)26-9-11(8-23-26)13(4-5-27)14-3-2-12(6-15(14)19)18(20,21)22/h2-3,6-9,13,27H,4-5H2,1H3,(H,24,25,28)/t13-/m0/s1. The monoisotopic (exact) mass is 396 g/mol. The predicted octanol–water partition coefficient (Wildman–Crippen LogP) is 2.94. The highest BCUT2D eigenvalue weighted by Crippen LogP contribution is 2.34. The van der Waals surface area contributed by atoms with Crippen molar-refractivity contribution >= 4 is 0 Å². The minimum atomic E-state index is -4.65. The number of alkyl halides is 3. The van der Waals surface area contributed by atoms with E-state index in [2.05, 4.69) is 15.1 Å². The van der Waals surface area contributed by atoms with E-state index in [1.165, 1.54) is 23.1 Å². The second-order valence-corrected chi connectivity index (χ2v) is 6.21. The SMILES string of the molecule is Cc1nc(-n2cc([C@H](CCO)c3ccc(C(F)(F)F)cc3F)cn2)cc(=O)[nH]1. The van der Waals surface area contributed by atoms with E-state index in [0.29, 0.717) is 17.5 Å². The number of hydrogen-bond acceptors (Lipinski definition) is 4. The Morgan fingerprint density at radius 1 is 1.29 bits per heavy atom. The quantitative estimate of drug-likeness (QED) is 0.650. The predicted molar refractivity (Wildman–Crippen MR) is 91.7 cm³/mol. The molecular formula is C18H16F4N4O2. The van der Waals surface area contributed by atoms with Crippen LogP contribution in [0.4, 0.5) is 17.6 Å². The number of hydrogen-bond donors (Lipinski definition) is 2. The maximum atomic E-state index is 14.4. The van der Waals surface area contributed by atoms with Crippen LogP contribution in [0.5, 0.6) is 0 Å². The van der Waals surface area contributed by atoms with E-state index < -0.39 is 23.5 Å². The highest BCUT2D eigenvalue weighted by atomic mass is 19.4. The zero-order valence-corrected chi connectivity index (χ0v) is 14.7. The number of aliphatic hydroxyl groups is 1. The average Bonchev–Trinajstić information content (AvgIpc) is 3.08. The average molecular weight is 396 g/mol. The van der Waals surface area contributed by atoms with Gasteiger partial charge in [0.1, 0.15) is 11.6 Å². The van der Waals surface area contributed by atoms with Gasteiger partial charge in [0, 0.05) is 24.8 Å². The van der Waals surface area contributed by atoms with Crippen molar-refractivity contribution in [3.05, 3.63) is 75.3 Å². The minimum absolute atomic E-state index is 0.0108. The molecule has 3 aromatic rings. The molecule has 0 fully saturated rings. The summed E-state index contributed by atoms with van der Waals surface area (Å²) >= 11 is 0. The van der Waals surface area contributed by atoms with Crippen LogP contribution in [-0.4, -0.2) is 31.5 Å². The molecule has 1 atom stereocenters. The molecule has 0 radical (unpaired) electrons. The Kier molecular flexibility index (Phi) is 5.32. The van der Waals surface area contributed by atoms with Crippen LogP contribution in [0.2, 0.25) is 0 Å². The summed E-state index contributed by atoms with van der Waals surface area (Å²) in [6.45, 7) is 1.29. The molecule has 0 saturated carbocycles. The number of aromatic amines is 1. The first-order chi connectivity index (χ1) is 13.2. The lowest BCUT2D eigenvalue weighted by atomic mass is 9.89. The summed E-state index contributed by atoms with van der Waals surface area (Å²) in [4.78, 5) is 18.2. The fourth-order valence-electron chi connectivity index (χ4n) is 2.94. The molecule has 0 bridgehead atoms. The van der Waals surface area contributed by atoms with Crippen LogP contribution in [0.3, 0.4) is 0 Å². The van der Waals surface area contributed by atoms with Crippen LogP contribution in [0.1, 0.15) is 34.9 Å². The molecule has 148 valence electrons. The molecule has 1 aromatic carbocycles. The van der Waals surface area contributed by atoms with Gasteiger partial charge in [0.15, 0.2) is 5.82 Å². The molecule has 0 spiro atoms. The number of benzene rings is 1. The lowest BCUT2D eigenvalue weighted by molar-refractivity contribution is -0.137. The maximum absolute atomic E-state index is 14.4. The number of halogens is 4. The first-order valence-corrected chi connectivity index (χ1v) is 8.29. The fourth-order valence-corrected chi connectivity index (χ4v) is 2.94. The lowest BCUT2D eigenvalue weighted by Gasteiger charge is -2.17. The Morgan fingerprint density at radius 2 is 2.04 bits per heavy atom. The third kappa shape index (κ3) is 4.11. The third-order valence-electron chi connectivity index (χ3n) is 4.21. The summed E-state index contributed by atoms with van der Waals surface area (Å²) in [5.74, 6) is -1.13. The summed E-state index contributed by atoms with van der Waals surface area (Å²) < 4.78 is 54.0. The van der Waals surface area contributed by atoms with Crippen molar-refractivity contribution in [2.75, 3.05) is 6.61 Å². The van der Waals surface area contributed by atoms with Crippen molar-refractivity contribution in [2.45, 2.75) is 25.4 Å². The smallest absolute Gasteiger partial charge is 0.396 e. The number of H-pyrrole nitrogens is 1. The van der Waals surface area contributed by atoms with Gasteiger partial charge in [-0.05, 0) is 36.6 Å². The molecule has 3 rings (SSSR count). The van der Waals surface area contributed by atoms with Gasteiger partial charge < -0.3 is 10.1 Å². The molecule has 0 aliphatic carbocycles. The molecule has 6 nitrogen and oxygen atoms in total. The zero-order chi connectivity index (χ0) is 20.5. The maximum Gasteiger partial charge on any atom is 0.416 e. The van der Waals surface area contributed by atoms with Gasteiger partial charge >= 0.3 is 6.18 Å². The van der Waals surface area contributed by atoms with Crippen molar-refractivity contribution in [3.63, 3.8) is 0 Å². The van der Waals surface area contributed by atoms with E-state index in [0.717, 1.165) is 12.1 Å². The normalized spacial score (nSPS) is 12.9. The number of rotatable bonds is 5. The van der Waals surface area contributed by atoms with Gasteiger partial charge in [0.05, 0.1) is 11.8 Å². The molecule has 2 aromatic heterocycles. The number of aliphatic hydroxyl groups excluding tert-OH is 1. The van der Waals surface area contributed by atoms with Gasteiger partial charge in [0.2, 0.25) is 0 Å². The Morgan fingerprint density at radius 3 is 2.64 bits per heavy atom. The van der Waals surface area contributed by atoms with E-state index in [4.69, 9.17) is 0 Å². The summed E-state index contributed by atoms with van der Waals surface area (Å²) in [5.41, 5.74) is -0.986. The van der Waals surface area contributed by atoms with Crippen molar-refractivity contribution in [1.29, 1.82) is 0 Å². The second-order valence-electron chi connectivity index (χ2n) is 6.21. The highest BCUT2D eigenvalue weighted by Gasteiger charge is 2.32. The minimum Gasteiger partial charge on any atom is -0.396 e. The van der Waals surface area contributed by atoms with Crippen molar-refractivity contribution in [3.8, 4) is 5.82 Å². The summed E-state index contributed by atoms with van der Waals surface area (Å²) in [6.07, 6.45) is -1.68. The molecule has 2 N–H and O–H groups in total. The van der Waals surface area contributed by atoms with E-state index in [-0.39, 0.29) is 30.0 Å². The van der Waals surface area contributed by atoms with E-state index in [9.17, 15) is 27.5 Å². The molecule has 28 heavy (non-hydrogen) atoms. The molecule has 0 unspecified atom stereocenters. The van der Waals surface area contributed by atoms with E-state index in [1.54, 1.807) is 6.92 Å². The van der Waals surface area contributed by atoms with E-state index in [1.807, 2.05) is 0 Å². The number of nitrogens with zero attached hydrogens (tertiary/aromatic N) is 3. The van der Waals surface area contributed by atoms with Crippen LogP contribution in [-0.2, 0) is 6.18 Å². The Labute approximate surface area is 156 Å². The number of aryl methyl sites for hydroxylation is 1. The van der Waals surface area contributed by atoms with Gasteiger partial charge in [-0.1, -0.05) is 6.07 Å². The van der Waals surface area contributed by atoms with Crippen LogP contribution in [0.25, 0.3) is 5.82 Å². The topological polar surface area (TPSA) is 83.8 Å². The zero-order valence-electron chi connectivity index (χ0n) is 14.7. The summed E-state index contributed by atoms with van der Waals surface area (Å²) in [6, 6.07) is 3.52. The van der Waals surface area contributed by atoms with Crippen molar-refractivity contribution in [1.82, 2.24) is 19.7 Å². The molecule has 0 saturated heterocycles. The molecule has 2 heterocycles. The Hall–Kier alpha value is -3.01. The van der Waals surface area contributed by atoms with Crippen LogP contribution in [0, 0.1) is 12.7 Å². The van der Waals surface area contributed by atoms with Crippen LogP contribution >= 0.6 is 0 Å². The Bertz CT molecular complexity index is 1040. The van der Waals surface area contributed by atoms with Crippen molar-refractivity contribution < 1.29 is 22.7 Å². The first kappa shape index (κ1) is 19.7. The van der Waals surface area contributed by atoms with Gasteiger partial charge in [0.25, 0.3) is 5.56 Å². The van der Waals surface area contributed by atoms with Crippen LogP contribution in [0.15, 0.2) is 41.5 Å². The fraction of sp³-hybridized carbons (Fsp3) is 0.278. The number of nitrogens with one attached hydrogen (secondary N) is 1. The largest absolute Gasteiger partial charge is 0.416 e. The summed E-state index contributed by atoms with van der Waals surface area (Å²) in [7, 11) is 0. The Balaban J connectivity index is 2.00. The molecule has 0 aliphatic rings. The first-order valence-electron chi connectivity index (χ1n) is 8.29. The highest BCUT2D eigenvalue weighted by molar-refractivity contribution is 5.35. The van der Waals surface area contributed by atoms with Gasteiger partial charge in [-0.15, -0.1) is 0 Å².